The number of allylic oxidation sites excluding steroid dienone is 4. The van der Waals surface area contributed by atoms with Crippen molar-refractivity contribution < 1.29 is 19.4 Å². The molecular weight excluding hydrogens is 316 g/mol. The van der Waals surface area contributed by atoms with E-state index in [2.05, 4.69) is 0 Å². The van der Waals surface area contributed by atoms with Gasteiger partial charge in [0.05, 0.1) is 5.56 Å². The van der Waals surface area contributed by atoms with Gasteiger partial charge in [-0.1, -0.05) is 17.7 Å². The molecule has 0 amide bonds. The molecule has 0 spiro atoms. The van der Waals surface area contributed by atoms with E-state index >= 15 is 0 Å². The number of rotatable bonds is 8. The first-order valence-corrected chi connectivity index (χ1v) is 8.07. The molecule has 5 radical (unpaired) electrons. The number of carbonyl (C=O) groups is 1. The molecule has 1 N–H and O–H groups in total. The number of hydrogen-bond donors (Lipinski definition) is 1. The van der Waals surface area contributed by atoms with E-state index in [1.807, 2.05) is 45.6 Å². The van der Waals surface area contributed by atoms with Gasteiger partial charge in [-0.15, -0.1) is 0 Å². The lowest BCUT2D eigenvalue weighted by Gasteiger charge is -2.14. The lowest BCUT2D eigenvalue weighted by Crippen LogP contribution is -2.05. The van der Waals surface area contributed by atoms with Gasteiger partial charge in [-0.2, -0.15) is 0 Å². The second-order valence-electron chi connectivity index (χ2n) is 5.89. The number of aromatic hydroxyl groups is 1. The second kappa shape index (κ2) is 9.42. The summed E-state index contributed by atoms with van der Waals surface area (Å²) in [7, 11) is 1.53. The number of methoxy groups -OCH3 is 1. The van der Waals surface area contributed by atoms with Crippen molar-refractivity contribution >= 4 is 5.78 Å². The van der Waals surface area contributed by atoms with Gasteiger partial charge in [0.1, 0.15) is 11.5 Å². The molecule has 1 aromatic carbocycles. The summed E-state index contributed by atoms with van der Waals surface area (Å²) < 4.78 is 10.4. The van der Waals surface area contributed by atoms with Crippen LogP contribution in [0.3, 0.4) is 0 Å². The zero-order chi connectivity index (χ0) is 18.2. The molecule has 1 aliphatic carbocycles. The zero-order valence-electron chi connectivity index (χ0n) is 14.8. The SMILES string of the molecule is COCOc1ccc(C(=O)/C=C/[C]2[CH][CH][CH][CH]2)c(O)c1CC=C(C)C. The number of carbonyl (C=O) groups excluding carboxylic acids is 1. The van der Waals surface area contributed by atoms with Crippen molar-refractivity contribution in [1.82, 2.24) is 0 Å². The van der Waals surface area contributed by atoms with Gasteiger partial charge in [-0.25, -0.2) is 0 Å². The highest BCUT2D eigenvalue weighted by Gasteiger charge is 2.18. The number of ketones is 1. The van der Waals surface area contributed by atoms with E-state index < -0.39 is 0 Å². The number of phenols is 1. The second-order valence-corrected chi connectivity index (χ2v) is 5.89. The zero-order valence-corrected chi connectivity index (χ0v) is 14.8. The molecule has 1 aromatic rings. The Kier molecular flexibility index (Phi) is 7.26. The third-order valence-corrected chi connectivity index (χ3v) is 3.67. The fraction of sp³-hybridized carbons (Fsp3) is 0.238. The minimum atomic E-state index is -0.254. The lowest BCUT2D eigenvalue weighted by molar-refractivity contribution is 0.0503. The molecule has 1 aliphatic rings. The molecule has 0 aliphatic heterocycles. The Balaban J connectivity index is 2.26. The van der Waals surface area contributed by atoms with Crippen LogP contribution >= 0.6 is 0 Å². The van der Waals surface area contributed by atoms with Crippen molar-refractivity contribution in [3.05, 3.63) is 78.7 Å². The Labute approximate surface area is 150 Å². The average molecular weight is 339 g/mol. The molecule has 1 fully saturated rings. The summed E-state index contributed by atoms with van der Waals surface area (Å²) in [5.41, 5.74) is 1.94. The molecule has 0 bridgehead atoms. The normalized spacial score (nSPS) is 14.8. The summed E-state index contributed by atoms with van der Waals surface area (Å²) in [6, 6.07) is 3.26. The minimum Gasteiger partial charge on any atom is -0.507 e. The Morgan fingerprint density at radius 3 is 2.56 bits per heavy atom. The van der Waals surface area contributed by atoms with E-state index in [0.29, 0.717) is 17.7 Å². The highest BCUT2D eigenvalue weighted by atomic mass is 16.7. The smallest absolute Gasteiger partial charge is 0.189 e. The first kappa shape index (κ1) is 19.3. The van der Waals surface area contributed by atoms with E-state index in [0.717, 1.165) is 11.5 Å². The fourth-order valence-electron chi connectivity index (χ4n) is 2.34. The van der Waals surface area contributed by atoms with E-state index in [1.54, 1.807) is 18.2 Å². The highest BCUT2D eigenvalue weighted by molar-refractivity contribution is 6.07. The van der Waals surface area contributed by atoms with Gasteiger partial charge in [0, 0.05) is 18.6 Å². The first-order chi connectivity index (χ1) is 12.0. The van der Waals surface area contributed by atoms with Crippen LogP contribution in [0.2, 0.25) is 0 Å². The molecule has 4 heteroatoms. The van der Waals surface area contributed by atoms with Crippen LogP contribution in [0.4, 0.5) is 0 Å². The van der Waals surface area contributed by atoms with E-state index in [9.17, 15) is 9.90 Å². The Bertz CT molecular complexity index is 648. The third kappa shape index (κ3) is 5.46. The van der Waals surface area contributed by atoms with Crippen LogP contribution in [0.1, 0.15) is 29.8 Å². The van der Waals surface area contributed by atoms with E-state index in [1.165, 1.54) is 13.2 Å². The van der Waals surface area contributed by atoms with Crippen molar-refractivity contribution in [3.63, 3.8) is 0 Å². The minimum absolute atomic E-state index is 0.0525. The Morgan fingerprint density at radius 1 is 1.20 bits per heavy atom. The van der Waals surface area contributed by atoms with E-state index in [-0.39, 0.29) is 23.9 Å². The summed E-state index contributed by atoms with van der Waals surface area (Å²) in [5.74, 6) is 1.14. The Hall–Kier alpha value is -2.07. The molecular formula is C21H23O4. The van der Waals surface area contributed by atoms with Crippen molar-refractivity contribution in [2.24, 2.45) is 0 Å². The van der Waals surface area contributed by atoms with Gasteiger partial charge in [-0.05, 0) is 64.2 Å². The molecule has 0 aromatic heterocycles. The van der Waals surface area contributed by atoms with Crippen LogP contribution in [0.25, 0.3) is 0 Å². The van der Waals surface area contributed by atoms with Crippen LogP contribution in [0.5, 0.6) is 11.5 Å². The van der Waals surface area contributed by atoms with Gasteiger partial charge >= 0.3 is 0 Å². The number of phenolic OH excluding ortho intramolecular Hbond substituents is 1. The predicted octanol–water partition coefficient (Wildman–Crippen LogP) is 4.03. The third-order valence-electron chi connectivity index (χ3n) is 3.67. The molecule has 0 heterocycles. The van der Waals surface area contributed by atoms with Gasteiger partial charge < -0.3 is 14.6 Å². The van der Waals surface area contributed by atoms with Crippen molar-refractivity contribution in [1.29, 1.82) is 0 Å². The Morgan fingerprint density at radius 2 is 1.92 bits per heavy atom. The maximum Gasteiger partial charge on any atom is 0.189 e. The molecule has 0 atom stereocenters. The van der Waals surface area contributed by atoms with Crippen molar-refractivity contribution in [2.75, 3.05) is 13.9 Å². The monoisotopic (exact) mass is 339 g/mol. The van der Waals surface area contributed by atoms with Crippen molar-refractivity contribution in [2.45, 2.75) is 20.3 Å². The fourth-order valence-corrected chi connectivity index (χ4v) is 2.34. The molecule has 25 heavy (non-hydrogen) atoms. The molecule has 4 nitrogen and oxygen atoms in total. The van der Waals surface area contributed by atoms with Gasteiger partial charge in [-0.3, -0.25) is 4.79 Å². The quantitative estimate of drug-likeness (QED) is 0.336. The first-order valence-electron chi connectivity index (χ1n) is 8.07. The summed E-state index contributed by atoms with van der Waals surface area (Å²) in [4.78, 5) is 12.4. The van der Waals surface area contributed by atoms with Gasteiger partial charge in [0.25, 0.3) is 0 Å². The van der Waals surface area contributed by atoms with E-state index in [4.69, 9.17) is 9.47 Å². The molecule has 0 saturated heterocycles. The van der Waals surface area contributed by atoms with Gasteiger partial charge in [0.15, 0.2) is 12.6 Å². The highest BCUT2D eigenvalue weighted by Crippen LogP contribution is 2.33. The largest absolute Gasteiger partial charge is 0.507 e. The predicted molar refractivity (Wildman–Crippen MR) is 97.7 cm³/mol. The number of hydrogen-bond acceptors (Lipinski definition) is 4. The molecule has 2 rings (SSSR count). The van der Waals surface area contributed by atoms with Gasteiger partial charge in [0.2, 0.25) is 0 Å². The van der Waals surface area contributed by atoms with Crippen LogP contribution < -0.4 is 4.74 Å². The van der Waals surface area contributed by atoms with Crippen molar-refractivity contribution in [3.8, 4) is 11.5 Å². The lowest BCUT2D eigenvalue weighted by atomic mass is 9.99. The maximum absolute atomic E-state index is 12.4. The van der Waals surface area contributed by atoms with Crippen LogP contribution in [-0.4, -0.2) is 24.8 Å². The molecule has 1 saturated carbocycles. The summed E-state index contributed by atoms with van der Waals surface area (Å²) in [5, 5.41) is 10.6. The number of benzene rings is 1. The summed E-state index contributed by atoms with van der Waals surface area (Å²) >= 11 is 0. The molecule has 0 unspecified atom stereocenters. The van der Waals surface area contributed by atoms with Crippen LogP contribution in [0.15, 0.2) is 35.9 Å². The number of ether oxygens (including phenoxy) is 2. The molecule has 131 valence electrons. The maximum atomic E-state index is 12.4. The summed E-state index contributed by atoms with van der Waals surface area (Å²) in [6.07, 6.45) is 13.3. The topological polar surface area (TPSA) is 55.8 Å². The standard InChI is InChI=1S/C21H23O4/c1-15(2)8-10-18-20(25-14-24-3)13-11-17(21(18)23)19(22)12-9-16-6-4-5-7-16/h4-9,11-13,23H,10,14H2,1-3H3/b12-9+. The van der Waals surface area contributed by atoms with Crippen LogP contribution in [0, 0.1) is 31.6 Å². The van der Waals surface area contributed by atoms with Crippen LogP contribution in [-0.2, 0) is 11.2 Å². The average Bonchev–Trinajstić information content (AvgIpc) is 3.10. The summed E-state index contributed by atoms with van der Waals surface area (Å²) in [6.45, 7) is 4.03.